The average Bonchev–Trinajstić information content (AvgIpc) is 3.14. The van der Waals surface area contributed by atoms with Gasteiger partial charge >= 0.3 is 0 Å². The van der Waals surface area contributed by atoms with Gasteiger partial charge < -0.3 is 4.74 Å². The molecule has 0 spiro atoms. The number of carbonyl (C=O) groups is 2. The SMILES string of the molecule is CC(=O)NNC(=O)CSc1nc2ccccc2c(=O)n1C[C@@H]1CCCO1. The Kier molecular flexibility index (Phi) is 5.89. The van der Waals surface area contributed by atoms with Crippen LogP contribution in [0.15, 0.2) is 34.2 Å². The second-order valence-corrected chi connectivity index (χ2v) is 6.92. The van der Waals surface area contributed by atoms with Crippen LogP contribution in [0.4, 0.5) is 0 Å². The lowest BCUT2D eigenvalue weighted by Crippen LogP contribution is -2.41. The van der Waals surface area contributed by atoms with Crippen LogP contribution in [0.1, 0.15) is 19.8 Å². The normalized spacial score (nSPS) is 16.6. The molecule has 0 unspecified atom stereocenters. The molecule has 1 aromatic carbocycles. The van der Waals surface area contributed by atoms with Crippen LogP contribution in [0.3, 0.4) is 0 Å². The maximum atomic E-state index is 12.9. The fourth-order valence-electron chi connectivity index (χ4n) is 2.73. The van der Waals surface area contributed by atoms with Gasteiger partial charge in [-0.15, -0.1) is 0 Å². The minimum Gasteiger partial charge on any atom is -0.376 e. The van der Waals surface area contributed by atoms with Gasteiger partial charge in [0.05, 0.1) is 29.3 Å². The van der Waals surface area contributed by atoms with E-state index < -0.39 is 0 Å². The average molecular weight is 376 g/mol. The summed E-state index contributed by atoms with van der Waals surface area (Å²) in [5.41, 5.74) is 4.98. The van der Waals surface area contributed by atoms with Crippen LogP contribution in [0.5, 0.6) is 0 Å². The van der Waals surface area contributed by atoms with E-state index in [1.165, 1.54) is 6.92 Å². The highest BCUT2D eigenvalue weighted by molar-refractivity contribution is 7.99. The standard InChI is InChI=1S/C17H20N4O4S/c1-11(22)19-20-15(23)10-26-17-18-14-7-3-2-6-13(14)16(24)21(17)9-12-5-4-8-25-12/h2-3,6-7,12H,4-5,8-10H2,1H3,(H,19,22)(H,20,23)/t12-/m0/s1. The Morgan fingerprint density at radius 1 is 1.35 bits per heavy atom. The summed E-state index contributed by atoms with van der Waals surface area (Å²) in [5, 5.41) is 1.000. The molecule has 1 atom stereocenters. The third-order valence-electron chi connectivity index (χ3n) is 3.95. The largest absolute Gasteiger partial charge is 0.376 e. The summed E-state index contributed by atoms with van der Waals surface area (Å²) in [6.45, 7) is 2.41. The zero-order valence-electron chi connectivity index (χ0n) is 14.4. The minimum atomic E-state index is -0.378. The molecule has 1 aliphatic heterocycles. The molecule has 26 heavy (non-hydrogen) atoms. The van der Waals surface area contributed by atoms with Crippen LogP contribution in [0, 0.1) is 0 Å². The molecular formula is C17H20N4O4S. The van der Waals surface area contributed by atoms with Crippen LogP contribution in [0.2, 0.25) is 0 Å². The first-order valence-electron chi connectivity index (χ1n) is 8.34. The molecule has 1 aliphatic rings. The molecule has 1 aromatic heterocycles. The van der Waals surface area contributed by atoms with E-state index in [-0.39, 0.29) is 29.2 Å². The molecule has 0 radical (unpaired) electrons. The topological polar surface area (TPSA) is 102 Å². The van der Waals surface area contributed by atoms with Crippen molar-refractivity contribution in [3.63, 3.8) is 0 Å². The van der Waals surface area contributed by atoms with Crippen LogP contribution in [0.25, 0.3) is 10.9 Å². The molecular weight excluding hydrogens is 356 g/mol. The van der Waals surface area contributed by atoms with Gasteiger partial charge in [0, 0.05) is 13.5 Å². The first-order chi connectivity index (χ1) is 12.5. The number of thioether (sulfide) groups is 1. The number of aromatic nitrogens is 2. The smallest absolute Gasteiger partial charge is 0.262 e. The van der Waals surface area contributed by atoms with E-state index in [9.17, 15) is 14.4 Å². The van der Waals surface area contributed by atoms with E-state index in [4.69, 9.17) is 4.74 Å². The molecule has 0 saturated carbocycles. The summed E-state index contributed by atoms with van der Waals surface area (Å²) in [6, 6.07) is 7.13. The Morgan fingerprint density at radius 3 is 2.88 bits per heavy atom. The summed E-state index contributed by atoms with van der Waals surface area (Å²) >= 11 is 1.15. The molecule has 2 aromatic rings. The van der Waals surface area contributed by atoms with E-state index in [1.54, 1.807) is 22.8 Å². The maximum absolute atomic E-state index is 12.9. The third-order valence-corrected chi connectivity index (χ3v) is 4.92. The molecule has 0 bridgehead atoms. The number of nitrogens with one attached hydrogen (secondary N) is 2. The van der Waals surface area contributed by atoms with Crippen molar-refractivity contribution in [2.75, 3.05) is 12.4 Å². The zero-order chi connectivity index (χ0) is 18.5. The predicted molar refractivity (Wildman–Crippen MR) is 97.7 cm³/mol. The van der Waals surface area contributed by atoms with E-state index >= 15 is 0 Å². The lowest BCUT2D eigenvalue weighted by molar-refractivity contribution is -0.126. The van der Waals surface area contributed by atoms with Gasteiger partial charge in [0.15, 0.2) is 5.16 Å². The molecule has 2 amide bonds. The fraction of sp³-hybridized carbons (Fsp3) is 0.412. The summed E-state index contributed by atoms with van der Waals surface area (Å²) in [6.07, 6.45) is 1.84. The summed E-state index contributed by atoms with van der Waals surface area (Å²) in [7, 11) is 0. The molecule has 2 heterocycles. The van der Waals surface area contributed by atoms with Crippen molar-refractivity contribution in [1.29, 1.82) is 0 Å². The Morgan fingerprint density at radius 2 is 2.15 bits per heavy atom. The van der Waals surface area contributed by atoms with Crippen molar-refractivity contribution in [1.82, 2.24) is 20.4 Å². The Bertz CT molecular complexity index is 877. The second-order valence-electron chi connectivity index (χ2n) is 5.98. The summed E-state index contributed by atoms with van der Waals surface area (Å²) in [4.78, 5) is 40.1. The van der Waals surface area contributed by atoms with Crippen LogP contribution < -0.4 is 16.4 Å². The number of para-hydroxylation sites is 1. The van der Waals surface area contributed by atoms with Crippen molar-refractivity contribution in [3.05, 3.63) is 34.6 Å². The van der Waals surface area contributed by atoms with Gasteiger partial charge in [-0.3, -0.25) is 29.8 Å². The maximum Gasteiger partial charge on any atom is 0.262 e. The molecule has 2 N–H and O–H groups in total. The zero-order valence-corrected chi connectivity index (χ0v) is 15.2. The molecule has 1 saturated heterocycles. The van der Waals surface area contributed by atoms with Crippen molar-refractivity contribution in [2.24, 2.45) is 0 Å². The summed E-state index contributed by atoms with van der Waals surface area (Å²) in [5.74, 6) is -0.713. The van der Waals surface area contributed by atoms with Crippen LogP contribution in [-0.2, 0) is 20.9 Å². The quantitative estimate of drug-likeness (QED) is 0.455. The predicted octanol–water partition coefficient (Wildman–Crippen LogP) is 0.835. The molecule has 8 nitrogen and oxygen atoms in total. The van der Waals surface area contributed by atoms with Gasteiger partial charge in [-0.1, -0.05) is 23.9 Å². The van der Waals surface area contributed by atoms with Gasteiger partial charge in [0.1, 0.15) is 0 Å². The minimum absolute atomic E-state index is 0.0244. The van der Waals surface area contributed by atoms with Crippen molar-refractivity contribution in [2.45, 2.75) is 37.6 Å². The van der Waals surface area contributed by atoms with E-state index in [0.29, 0.717) is 29.2 Å². The monoisotopic (exact) mass is 376 g/mol. The number of benzene rings is 1. The lowest BCUT2D eigenvalue weighted by atomic mass is 10.2. The molecule has 138 valence electrons. The number of rotatable bonds is 5. The van der Waals surface area contributed by atoms with E-state index in [0.717, 1.165) is 24.6 Å². The number of ether oxygens (including phenoxy) is 1. The van der Waals surface area contributed by atoms with Gasteiger partial charge in [-0.05, 0) is 25.0 Å². The number of fused-ring (bicyclic) bond motifs is 1. The number of hydrogen-bond donors (Lipinski definition) is 2. The molecule has 3 rings (SSSR count). The number of hydrogen-bond acceptors (Lipinski definition) is 6. The highest BCUT2D eigenvalue weighted by Crippen LogP contribution is 2.20. The van der Waals surface area contributed by atoms with Gasteiger partial charge in [-0.25, -0.2) is 4.98 Å². The Balaban J connectivity index is 1.85. The first-order valence-corrected chi connectivity index (χ1v) is 9.32. The highest BCUT2D eigenvalue weighted by Gasteiger charge is 2.20. The van der Waals surface area contributed by atoms with E-state index in [2.05, 4.69) is 15.8 Å². The van der Waals surface area contributed by atoms with Gasteiger partial charge in [0.2, 0.25) is 11.8 Å². The van der Waals surface area contributed by atoms with Crippen LogP contribution in [-0.4, -0.2) is 39.8 Å². The third kappa shape index (κ3) is 4.41. The van der Waals surface area contributed by atoms with Crippen molar-refractivity contribution in [3.8, 4) is 0 Å². The molecule has 1 fully saturated rings. The second kappa shape index (κ2) is 8.33. The Labute approximate surface area is 154 Å². The summed E-state index contributed by atoms with van der Waals surface area (Å²) < 4.78 is 7.22. The fourth-order valence-corrected chi connectivity index (χ4v) is 3.54. The van der Waals surface area contributed by atoms with Gasteiger partial charge in [0.25, 0.3) is 5.56 Å². The van der Waals surface area contributed by atoms with E-state index in [1.807, 2.05) is 6.07 Å². The highest BCUT2D eigenvalue weighted by atomic mass is 32.2. The number of carbonyl (C=O) groups excluding carboxylic acids is 2. The van der Waals surface area contributed by atoms with Gasteiger partial charge in [-0.2, -0.15) is 0 Å². The number of amides is 2. The number of hydrazine groups is 1. The van der Waals surface area contributed by atoms with Crippen LogP contribution >= 0.6 is 11.8 Å². The Hall–Kier alpha value is -2.39. The van der Waals surface area contributed by atoms with Crippen molar-refractivity contribution < 1.29 is 14.3 Å². The van der Waals surface area contributed by atoms with Crippen molar-refractivity contribution >= 4 is 34.5 Å². The lowest BCUT2D eigenvalue weighted by Gasteiger charge is -2.16. The molecule has 0 aliphatic carbocycles. The first kappa shape index (κ1) is 18.4. The molecule has 9 heteroatoms. The number of nitrogens with zero attached hydrogens (tertiary/aromatic N) is 2.